The highest BCUT2D eigenvalue weighted by Crippen LogP contribution is 2.31. The van der Waals surface area contributed by atoms with Crippen LogP contribution in [0.4, 0.5) is 5.69 Å². The van der Waals surface area contributed by atoms with Crippen LogP contribution >= 0.6 is 11.6 Å². The van der Waals surface area contributed by atoms with Crippen molar-refractivity contribution in [2.45, 2.75) is 6.04 Å². The lowest BCUT2D eigenvalue weighted by atomic mass is 9.96. The molecular formula is C28H29ClN4O2. The second kappa shape index (κ2) is 10.5. The van der Waals surface area contributed by atoms with E-state index >= 15 is 0 Å². The Hall–Kier alpha value is -3.32. The van der Waals surface area contributed by atoms with Gasteiger partial charge in [0.15, 0.2) is 0 Å². The molecule has 180 valence electrons. The number of fused-ring (bicyclic) bond motifs is 1. The summed E-state index contributed by atoms with van der Waals surface area (Å²) in [7, 11) is 0. The molecule has 0 atom stereocenters. The number of benzene rings is 3. The smallest absolute Gasteiger partial charge is 0.115 e. The number of hydrogen-bond acceptors (Lipinski definition) is 6. The molecule has 2 heterocycles. The van der Waals surface area contributed by atoms with Crippen molar-refractivity contribution in [2.24, 2.45) is 0 Å². The number of aromatic hydroxyl groups is 2. The molecule has 0 aliphatic carbocycles. The van der Waals surface area contributed by atoms with Crippen LogP contribution in [0, 0.1) is 0 Å². The van der Waals surface area contributed by atoms with Gasteiger partial charge < -0.3 is 15.5 Å². The monoisotopic (exact) mass is 488 g/mol. The molecule has 4 aromatic rings. The summed E-state index contributed by atoms with van der Waals surface area (Å²) >= 11 is 6.11. The number of nitrogens with one attached hydrogen (secondary N) is 1. The number of phenolic OH excluding ortho intramolecular Hbond substituents is 2. The van der Waals surface area contributed by atoms with E-state index in [4.69, 9.17) is 11.6 Å². The number of rotatable bonds is 7. The maximum Gasteiger partial charge on any atom is 0.115 e. The first-order valence-electron chi connectivity index (χ1n) is 11.9. The first-order chi connectivity index (χ1) is 17.1. The van der Waals surface area contributed by atoms with E-state index in [1.54, 1.807) is 24.3 Å². The zero-order valence-electron chi connectivity index (χ0n) is 19.4. The summed E-state index contributed by atoms with van der Waals surface area (Å²) in [5.41, 5.74) is 4.23. The number of piperazine rings is 1. The van der Waals surface area contributed by atoms with E-state index in [-0.39, 0.29) is 17.5 Å². The predicted molar refractivity (Wildman–Crippen MR) is 141 cm³/mol. The Morgan fingerprint density at radius 1 is 0.829 bits per heavy atom. The van der Waals surface area contributed by atoms with E-state index in [2.05, 4.69) is 20.1 Å². The van der Waals surface area contributed by atoms with Gasteiger partial charge in [0.1, 0.15) is 11.5 Å². The van der Waals surface area contributed by atoms with E-state index in [9.17, 15) is 10.2 Å². The number of nitrogens with zero attached hydrogens (tertiary/aromatic N) is 3. The Morgan fingerprint density at radius 2 is 1.46 bits per heavy atom. The van der Waals surface area contributed by atoms with E-state index < -0.39 is 0 Å². The summed E-state index contributed by atoms with van der Waals surface area (Å²) in [6.45, 7) is 5.61. The van der Waals surface area contributed by atoms with E-state index in [0.717, 1.165) is 67.0 Å². The van der Waals surface area contributed by atoms with Gasteiger partial charge in [-0.2, -0.15) is 0 Å². The summed E-state index contributed by atoms with van der Waals surface area (Å²) in [4.78, 5) is 9.37. The van der Waals surface area contributed by atoms with E-state index in [0.29, 0.717) is 5.02 Å². The minimum Gasteiger partial charge on any atom is -0.508 e. The summed E-state index contributed by atoms with van der Waals surface area (Å²) in [5.74, 6) is 0.529. The molecule has 0 spiro atoms. The van der Waals surface area contributed by atoms with Gasteiger partial charge in [-0.25, -0.2) is 0 Å². The fourth-order valence-electron chi connectivity index (χ4n) is 4.80. The summed E-state index contributed by atoms with van der Waals surface area (Å²) in [6, 6.07) is 22.8. The topological polar surface area (TPSA) is 71.9 Å². The molecule has 1 aromatic heterocycles. The fraction of sp³-hybridized carbons (Fsp3) is 0.250. The first-order valence-corrected chi connectivity index (χ1v) is 12.3. The van der Waals surface area contributed by atoms with Gasteiger partial charge in [0.2, 0.25) is 0 Å². The molecule has 0 bridgehead atoms. The van der Waals surface area contributed by atoms with Gasteiger partial charge in [-0.1, -0.05) is 35.9 Å². The number of phenols is 2. The molecule has 1 fully saturated rings. The van der Waals surface area contributed by atoms with Crippen molar-refractivity contribution in [3.63, 3.8) is 0 Å². The van der Waals surface area contributed by atoms with Gasteiger partial charge in [-0.3, -0.25) is 14.8 Å². The highest BCUT2D eigenvalue weighted by atomic mass is 35.5. The molecule has 1 aliphatic rings. The van der Waals surface area contributed by atoms with Crippen LogP contribution in [0.25, 0.3) is 10.9 Å². The van der Waals surface area contributed by atoms with Crippen LogP contribution in [0.3, 0.4) is 0 Å². The molecule has 35 heavy (non-hydrogen) atoms. The normalized spacial score (nSPS) is 15.0. The first kappa shape index (κ1) is 23.4. The van der Waals surface area contributed by atoms with Crippen LogP contribution in [0.15, 0.2) is 79.0 Å². The SMILES string of the molecule is Oc1ccc(C(c2ccc(O)cc2)N2CCN(CCNc3ccnc4cc(Cl)ccc34)CC2)cc1. The molecule has 0 unspecified atom stereocenters. The molecule has 1 saturated heterocycles. The standard InChI is InChI=1S/C28H29ClN4O2/c29-22-5-10-25-26(11-12-30-27(25)19-22)31-13-14-32-15-17-33(18-16-32)28(20-1-6-23(34)7-2-20)21-3-8-24(35)9-4-21/h1-12,19,28,34-35H,13-18H2,(H,30,31). The van der Waals surface area contributed by atoms with E-state index in [1.807, 2.05) is 54.7 Å². The average Bonchev–Trinajstić information content (AvgIpc) is 2.87. The second-order valence-electron chi connectivity index (χ2n) is 8.91. The lowest BCUT2D eigenvalue weighted by molar-refractivity contribution is 0.112. The summed E-state index contributed by atoms with van der Waals surface area (Å²) < 4.78 is 0. The third-order valence-corrected chi connectivity index (χ3v) is 6.87. The molecular weight excluding hydrogens is 460 g/mol. The van der Waals surface area contributed by atoms with Gasteiger partial charge in [-0.05, 0) is 59.7 Å². The predicted octanol–water partition coefficient (Wildman–Crippen LogP) is 5.12. The maximum atomic E-state index is 9.76. The Kier molecular flexibility index (Phi) is 7.04. The van der Waals surface area contributed by atoms with Crippen molar-refractivity contribution in [3.05, 3.63) is 95.1 Å². The Labute approximate surface area is 210 Å². The lowest BCUT2D eigenvalue weighted by Gasteiger charge is -2.40. The largest absolute Gasteiger partial charge is 0.508 e. The molecule has 5 rings (SSSR count). The summed E-state index contributed by atoms with van der Waals surface area (Å²) in [6.07, 6.45) is 1.81. The van der Waals surface area contributed by atoms with Crippen LogP contribution in [0.2, 0.25) is 5.02 Å². The zero-order valence-corrected chi connectivity index (χ0v) is 20.2. The average molecular weight is 489 g/mol. The van der Waals surface area contributed by atoms with Crippen LogP contribution in [0.1, 0.15) is 17.2 Å². The zero-order chi connectivity index (χ0) is 24.2. The van der Waals surface area contributed by atoms with Crippen LogP contribution in [-0.4, -0.2) is 64.3 Å². The highest BCUT2D eigenvalue weighted by Gasteiger charge is 2.26. The minimum absolute atomic E-state index is 0.0754. The fourth-order valence-corrected chi connectivity index (χ4v) is 4.96. The van der Waals surface area contributed by atoms with Gasteiger partial charge >= 0.3 is 0 Å². The maximum absolute atomic E-state index is 9.76. The van der Waals surface area contributed by atoms with Crippen LogP contribution in [0.5, 0.6) is 11.5 Å². The third kappa shape index (κ3) is 5.51. The van der Waals surface area contributed by atoms with Crippen LogP contribution < -0.4 is 5.32 Å². The van der Waals surface area contributed by atoms with Gasteiger partial charge in [0, 0.05) is 61.6 Å². The number of hydrogen-bond donors (Lipinski definition) is 3. The number of anilines is 1. The molecule has 0 radical (unpaired) electrons. The Bertz CT molecular complexity index is 1230. The van der Waals surface area contributed by atoms with Gasteiger partial charge in [-0.15, -0.1) is 0 Å². The highest BCUT2D eigenvalue weighted by molar-refractivity contribution is 6.31. The van der Waals surface area contributed by atoms with Crippen molar-refractivity contribution in [2.75, 3.05) is 44.6 Å². The Balaban J connectivity index is 1.21. The van der Waals surface area contributed by atoms with Crippen molar-refractivity contribution in [3.8, 4) is 11.5 Å². The number of aromatic nitrogens is 1. The molecule has 0 saturated carbocycles. The Morgan fingerprint density at radius 3 is 2.09 bits per heavy atom. The van der Waals surface area contributed by atoms with Gasteiger partial charge in [0.05, 0.1) is 11.6 Å². The third-order valence-electron chi connectivity index (χ3n) is 6.64. The van der Waals surface area contributed by atoms with Crippen molar-refractivity contribution in [1.82, 2.24) is 14.8 Å². The van der Waals surface area contributed by atoms with E-state index in [1.165, 1.54) is 0 Å². The van der Waals surface area contributed by atoms with Crippen molar-refractivity contribution < 1.29 is 10.2 Å². The molecule has 3 aromatic carbocycles. The quantitative estimate of drug-likeness (QED) is 0.335. The lowest BCUT2D eigenvalue weighted by Crippen LogP contribution is -2.48. The number of pyridine rings is 1. The van der Waals surface area contributed by atoms with Gasteiger partial charge in [0.25, 0.3) is 0 Å². The summed E-state index contributed by atoms with van der Waals surface area (Å²) in [5, 5.41) is 24.8. The second-order valence-corrected chi connectivity index (χ2v) is 9.35. The molecule has 3 N–H and O–H groups in total. The molecule has 1 aliphatic heterocycles. The van der Waals surface area contributed by atoms with Crippen LogP contribution in [-0.2, 0) is 0 Å². The number of halogens is 1. The molecule has 6 nitrogen and oxygen atoms in total. The molecule has 0 amide bonds. The van der Waals surface area contributed by atoms with Crippen molar-refractivity contribution in [1.29, 1.82) is 0 Å². The van der Waals surface area contributed by atoms with Crippen molar-refractivity contribution >= 4 is 28.2 Å². The molecule has 7 heteroatoms. The minimum atomic E-state index is 0.0754.